The Kier molecular flexibility index (Phi) is 26.7. The van der Waals surface area contributed by atoms with Gasteiger partial charge in [-0.25, -0.2) is 0 Å². The lowest BCUT2D eigenvalue weighted by Crippen LogP contribution is -2.42. The summed E-state index contributed by atoms with van der Waals surface area (Å²) >= 11 is 0. The average Bonchev–Trinajstić information content (AvgIpc) is 2.90. The number of rotatable bonds is 28. The summed E-state index contributed by atoms with van der Waals surface area (Å²) in [6.07, 6.45) is 26.9. The molecule has 0 amide bonds. The van der Waals surface area contributed by atoms with Gasteiger partial charge in [0.1, 0.15) is 5.82 Å². The predicted molar refractivity (Wildman–Crippen MR) is 174 cm³/mol. The second-order valence-corrected chi connectivity index (χ2v) is 12.7. The molecular weight excluding hydrogens is 466 g/mol. The molecule has 0 saturated heterocycles. The molecule has 0 bridgehead atoms. The Morgan fingerprint density at radius 2 is 0.730 bits per heavy atom. The molecule has 37 heavy (non-hydrogen) atoms. The summed E-state index contributed by atoms with van der Waals surface area (Å²) in [5, 5.41) is 0. The van der Waals surface area contributed by atoms with Crippen LogP contribution in [-0.2, 0) is 0 Å². The van der Waals surface area contributed by atoms with Crippen molar-refractivity contribution in [2.75, 3.05) is 39.3 Å². The van der Waals surface area contributed by atoms with Crippen molar-refractivity contribution < 1.29 is 0 Å². The zero-order chi connectivity index (χ0) is 27.6. The van der Waals surface area contributed by atoms with E-state index in [0.29, 0.717) is 5.67 Å². The highest BCUT2D eigenvalue weighted by Gasteiger charge is 2.20. The second-order valence-electron chi connectivity index (χ2n) is 11.5. The highest BCUT2D eigenvalue weighted by Crippen LogP contribution is 2.20. The molecule has 0 aromatic carbocycles. The minimum absolute atomic E-state index is 0.642. The van der Waals surface area contributed by atoms with Gasteiger partial charge in [0.15, 0.2) is 0 Å². The van der Waals surface area contributed by atoms with Gasteiger partial charge in [-0.3, -0.25) is 0 Å². The Labute approximate surface area is 238 Å². The summed E-state index contributed by atoms with van der Waals surface area (Å²) in [7, 11) is 1.22. The lowest BCUT2D eigenvalue weighted by atomic mass is 10.1. The van der Waals surface area contributed by atoms with Crippen LogP contribution in [0.2, 0.25) is 0 Å². The van der Waals surface area contributed by atoms with Crippen molar-refractivity contribution in [3.8, 4) is 0 Å². The smallest absolute Gasteiger partial charge is 0.101 e. The summed E-state index contributed by atoms with van der Waals surface area (Å²) in [5.74, 6) is 1.61. The molecule has 0 aliphatic heterocycles. The van der Waals surface area contributed by atoms with E-state index in [1.54, 1.807) is 5.82 Å². The number of unbranched alkanes of at least 4 members (excludes halogenated alkanes) is 12. The van der Waals surface area contributed by atoms with E-state index < -0.39 is 0 Å². The monoisotopic (exact) mass is 538 g/mol. The molecule has 4 heteroatoms. The molecule has 0 saturated carbocycles. The van der Waals surface area contributed by atoms with Crippen LogP contribution >= 0.6 is 0 Å². The fourth-order valence-corrected chi connectivity index (χ4v) is 6.09. The Bertz CT molecular complexity index is 440. The minimum atomic E-state index is 0.642. The van der Waals surface area contributed by atoms with Crippen molar-refractivity contribution >= 4 is 10.2 Å². The van der Waals surface area contributed by atoms with Crippen LogP contribution in [-0.4, -0.2) is 69.9 Å². The van der Waals surface area contributed by atoms with Gasteiger partial charge in [-0.1, -0.05) is 119 Å². The summed E-state index contributed by atoms with van der Waals surface area (Å²) in [6, 6.07) is 0. The van der Waals surface area contributed by atoms with E-state index in [-0.39, 0.29) is 0 Å². The van der Waals surface area contributed by atoms with Crippen molar-refractivity contribution in [1.29, 1.82) is 0 Å². The third-order valence-corrected chi connectivity index (χ3v) is 8.90. The number of hydrogen-bond donors (Lipinski definition) is 0. The van der Waals surface area contributed by atoms with Crippen LogP contribution in [0, 0.1) is 0 Å². The van der Waals surface area contributed by atoms with Crippen LogP contribution in [0.15, 0.2) is 11.9 Å². The fourth-order valence-electron chi connectivity index (χ4n) is 5.27. The maximum Gasteiger partial charge on any atom is 0.101 e. The third kappa shape index (κ3) is 19.3. The van der Waals surface area contributed by atoms with Crippen molar-refractivity contribution in [1.82, 2.24) is 14.7 Å². The van der Waals surface area contributed by atoms with E-state index in [0.717, 1.165) is 0 Å². The van der Waals surface area contributed by atoms with E-state index in [1.165, 1.54) is 165 Å². The summed E-state index contributed by atoms with van der Waals surface area (Å²) in [6.45, 7) is 21.6. The van der Waals surface area contributed by atoms with Gasteiger partial charge in [0, 0.05) is 42.1 Å². The SMILES string of the molecule is CCCCCN(CCCCC)C(=CC([SiH3])N(CCCCC)CCCCC)N(CCCCC)CCCCC. The maximum atomic E-state index is 2.87. The molecule has 0 spiro atoms. The van der Waals surface area contributed by atoms with Gasteiger partial charge in [0.25, 0.3) is 0 Å². The number of hydrogen-bond acceptors (Lipinski definition) is 3. The van der Waals surface area contributed by atoms with Gasteiger partial charge in [-0.15, -0.1) is 0 Å². The molecule has 222 valence electrons. The molecule has 3 nitrogen and oxygen atoms in total. The van der Waals surface area contributed by atoms with Crippen molar-refractivity contribution in [2.24, 2.45) is 0 Å². The molecule has 0 aliphatic rings. The van der Waals surface area contributed by atoms with E-state index in [4.69, 9.17) is 0 Å². The van der Waals surface area contributed by atoms with Crippen molar-refractivity contribution in [3.63, 3.8) is 0 Å². The minimum Gasteiger partial charge on any atom is -0.359 e. The largest absolute Gasteiger partial charge is 0.359 e. The van der Waals surface area contributed by atoms with Crippen molar-refractivity contribution in [2.45, 2.75) is 163 Å². The molecule has 0 aromatic rings. The lowest BCUT2D eigenvalue weighted by molar-refractivity contribution is 0.190. The Morgan fingerprint density at radius 3 is 1.00 bits per heavy atom. The molecule has 0 aromatic heterocycles. The van der Waals surface area contributed by atoms with Gasteiger partial charge in [0.2, 0.25) is 0 Å². The zero-order valence-electron chi connectivity index (χ0n) is 27.0. The molecule has 0 fully saturated rings. The number of nitrogens with zero attached hydrogens (tertiary/aromatic N) is 3. The first-order valence-electron chi connectivity index (χ1n) is 17.0. The average molecular weight is 538 g/mol. The maximum absolute atomic E-state index is 2.87. The van der Waals surface area contributed by atoms with Crippen LogP contribution < -0.4 is 0 Å². The van der Waals surface area contributed by atoms with Gasteiger partial charge >= 0.3 is 0 Å². The first kappa shape index (κ1) is 36.5. The van der Waals surface area contributed by atoms with Gasteiger partial charge < -0.3 is 14.7 Å². The topological polar surface area (TPSA) is 9.72 Å². The van der Waals surface area contributed by atoms with E-state index >= 15 is 0 Å². The molecule has 0 aliphatic carbocycles. The van der Waals surface area contributed by atoms with Crippen LogP contribution in [0.3, 0.4) is 0 Å². The van der Waals surface area contributed by atoms with E-state index in [1.807, 2.05) is 0 Å². The van der Waals surface area contributed by atoms with Crippen LogP contribution in [0.5, 0.6) is 0 Å². The fraction of sp³-hybridized carbons (Fsp3) is 0.939. The first-order valence-corrected chi connectivity index (χ1v) is 18.2. The van der Waals surface area contributed by atoms with E-state index in [2.05, 4.69) is 62.3 Å². The Balaban J connectivity index is 6.10. The van der Waals surface area contributed by atoms with Crippen LogP contribution in [0.4, 0.5) is 0 Å². The van der Waals surface area contributed by atoms with Crippen LogP contribution in [0.25, 0.3) is 0 Å². The normalized spacial score (nSPS) is 12.3. The molecule has 0 heterocycles. The summed E-state index contributed by atoms with van der Waals surface area (Å²) in [4.78, 5) is 8.54. The zero-order valence-corrected chi connectivity index (χ0v) is 29.0. The van der Waals surface area contributed by atoms with Gasteiger partial charge in [-0.2, -0.15) is 0 Å². The quantitative estimate of drug-likeness (QED) is 0.0731. The summed E-state index contributed by atoms with van der Waals surface area (Å²) in [5.41, 5.74) is 0.642. The molecule has 1 unspecified atom stereocenters. The van der Waals surface area contributed by atoms with E-state index in [9.17, 15) is 0 Å². The molecule has 0 N–H and O–H groups in total. The highest BCUT2D eigenvalue weighted by molar-refractivity contribution is 6.13. The van der Waals surface area contributed by atoms with Gasteiger partial charge in [-0.05, 0) is 57.7 Å². The molecule has 0 rings (SSSR count). The van der Waals surface area contributed by atoms with Crippen molar-refractivity contribution in [3.05, 3.63) is 11.9 Å². The lowest BCUT2D eigenvalue weighted by Gasteiger charge is -2.39. The Morgan fingerprint density at radius 1 is 0.459 bits per heavy atom. The molecule has 0 radical (unpaired) electrons. The second kappa shape index (κ2) is 27.1. The third-order valence-electron chi connectivity index (χ3n) is 7.84. The molecular formula is C33H71N3Si. The Hall–Kier alpha value is -0.483. The highest BCUT2D eigenvalue weighted by atomic mass is 28.1. The first-order chi connectivity index (χ1) is 18.1. The van der Waals surface area contributed by atoms with Gasteiger partial charge in [0.05, 0.1) is 0 Å². The van der Waals surface area contributed by atoms with Crippen LogP contribution in [0.1, 0.15) is 157 Å². The summed E-state index contributed by atoms with van der Waals surface area (Å²) < 4.78 is 0. The predicted octanol–water partition coefficient (Wildman–Crippen LogP) is 8.57. The standard InChI is InChI=1S/C33H71N3Si/c1-7-13-19-25-34(26-20-14-8-2)32(35(27-21-15-9-3)28-22-16-10-4)31-33(37)36(29-23-17-11-5)30-24-18-12-6/h31,33H,7-30H2,1-6,37H3. The molecule has 1 atom stereocenters.